The predicted octanol–water partition coefficient (Wildman–Crippen LogP) is 2.56. The lowest BCUT2D eigenvalue weighted by molar-refractivity contribution is 0.202. The average Bonchev–Trinajstić information content (AvgIpc) is 2.37. The van der Waals surface area contributed by atoms with Crippen LogP contribution >= 0.6 is 34.7 Å². The molecule has 4 nitrogen and oxygen atoms in total. The van der Waals surface area contributed by atoms with Gasteiger partial charge >= 0.3 is 6.09 Å². The highest BCUT2D eigenvalue weighted by Crippen LogP contribution is 2.35. The molecule has 0 atom stereocenters. The number of hydrogen-bond donors (Lipinski definition) is 1. The molecule has 0 unspecified atom stereocenters. The maximum atomic E-state index is 10.9. The minimum Gasteiger partial charge on any atom is -0.396 e. The van der Waals surface area contributed by atoms with E-state index in [4.69, 9.17) is 27.9 Å². The number of nitrogens with one attached hydrogen (secondary N) is 1. The molecule has 1 heterocycles. The van der Waals surface area contributed by atoms with Crippen LogP contribution in [0.5, 0.6) is 5.06 Å². The van der Waals surface area contributed by atoms with Crippen LogP contribution in [0.3, 0.4) is 0 Å². The first-order chi connectivity index (χ1) is 6.15. The van der Waals surface area contributed by atoms with E-state index in [1.807, 2.05) is 0 Å². The topological polar surface area (TPSA) is 51.2 Å². The van der Waals surface area contributed by atoms with Gasteiger partial charge in [0.1, 0.15) is 5.02 Å². The van der Waals surface area contributed by atoms with Crippen LogP contribution in [0.25, 0.3) is 0 Å². The molecule has 0 saturated carbocycles. The lowest BCUT2D eigenvalue weighted by Crippen LogP contribution is -2.25. The van der Waals surface area contributed by atoms with Crippen LogP contribution < -0.4 is 10.1 Å². The van der Waals surface area contributed by atoms with Gasteiger partial charge in [-0.1, -0.05) is 23.2 Å². The van der Waals surface area contributed by atoms with E-state index in [1.54, 1.807) is 6.92 Å². The lowest BCUT2D eigenvalue weighted by atomic mass is 10.7. The molecule has 72 valence electrons. The van der Waals surface area contributed by atoms with E-state index in [0.717, 1.165) is 11.5 Å². The first-order valence-electron chi connectivity index (χ1n) is 3.41. The number of rotatable bonds is 2. The highest BCUT2D eigenvalue weighted by atomic mass is 35.5. The highest BCUT2D eigenvalue weighted by molar-refractivity contribution is 7.09. The van der Waals surface area contributed by atoms with Crippen molar-refractivity contribution in [3.8, 4) is 5.06 Å². The van der Waals surface area contributed by atoms with Crippen molar-refractivity contribution in [1.82, 2.24) is 9.69 Å². The van der Waals surface area contributed by atoms with Gasteiger partial charge in [-0.2, -0.15) is 4.37 Å². The van der Waals surface area contributed by atoms with E-state index in [2.05, 4.69) is 9.69 Å². The Morgan fingerprint density at radius 3 is 2.85 bits per heavy atom. The van der Waals surface area contributed by atoms with E-state index in [9.17, 15) is 4.79 Å². The standard InChI is InChI=1S/C6H6Cl2N2O2S/c1-2-9-6(11)12-5-3(7)4(8)10-13-5/h2H2,1H3,(H,9,11). The third kappa shape index (κ3) is 2.72. The largest absolute Gasteiger partial charge is 0.413 e. The zero-order chi connectivity index (χ0) is 9.84. The molecule has 1 rings (SSSR count). The van der Waals surface area contributed by atoms with Gasteiger partial charge in [0.25, 0.3) is 0 Å². The van der Waals surface area contributed by atoms with Gasteiger partial charge < -0.3 is 10.1 Å². The Labute approximate surface area is 89.0 Å². The van der Waals surface area contributed by atoms with Crippen LogP contribution in [0.1, 0.15) is 6.92 Å². The van der Waals surface area contributed by atoms with Gasteiger partial charge in [0.2, 0.25) is 5.06 Å². The van der Waals surface area contributed by atoms with Crippen molar-refractivity contribution in [1.29, 1.82) is 0 Å². The molecular weight excluding hydrogens is 235 g/mol. The molecule has 7 heteroatoms. The van der Waals surface area contributed by atoms with Crippen molar-refractivity contribution < 1.29 is 9.53 Å². The zero-order valence-corrected chi connectivity index (χ0v) is 8.96. The van der Waals surface area contributed by atoms with Gasteiger partial charge in [0.05, 0.1) is 0 Å². The summed E-state index contributed by atoms with van der Waals surface area (Å²) < 4.78 is 8.50. The first-order valence-corrected chi connectivity index (χ1v) is 4.94. The molecule has 0 fully saturated rings. The number of ether oxygens (including phenoxy) is 1. The van der Waals surface area contributed by atoms with Crippen molar-refractivity contribution in [2.45, 2.75) is 6.92 Å². The molecule has 0 aromatic carbocycles. The maximum Gasteiger partial charge on any atom is 0.413 e. The molecule has 1 aromatic heterocycles. The molecule has 0 aliphatic heterocycles. The monoisotopic (exact) mass is 240 g/mol. The summed E-state index contributed by atoms with van der Waals surface area (Å²) in [6.07, 6.45) is -0.565. The van der Waals surface area contributed by atoms with Crippen molar-refractivity contribution in [3.63, 3.8) is 0 Å². The van der Waals surface area contributed by atoms with E-state index >= 15 is 0 Å². The normalized spacial score (nSPS) is 9.77. The van der Waals surface area contributed by atoms with Gasteiger partial charge in [0, 0.05) is 18.1 Å². The molecule has 0 bridgehead atoms. The number of hydrogen-bond acceptors (Lipinski definition) is 4. The number of nitrogens with zero attached hydrogens (tertiary/aromatic N) is 1. The molecule has 1 N–H and O–H groups in total. The van der Waals surface area contributed by atoms with Gasteiger partial charge in [-0.05, 0) is 6.92 Å². The number of halogens is 2. The minimum atomic E-state index is -0.565. The summed E-state index contributed by atoms with van der Waals surface area (Å²) in [6.45, 7) is 2.27. The van der Waals surface area contributed by atoms with E-state index < -0.39 is 6.09 Å². The number of aromatic nitrogens is 1. The summed E-state index contributed by atoms with van der Waals surface area (Å²) in [4.78, 5) is 10.9. The van der Waals surface area contributed by atoms with Gasteiger partial charge in [0.15, 0.2) is 5.15 Å². The first kappa shape index (κ1) is 10.6. The lowest BCUT2D eigenvalue weighted by Gasteiger charge is -2.00. The third-order valence-electron chi connectivity index (χ3n) is 1.08. The summed E-state index contributed by atoms with van der Waals surface area (Å²) in [5, 5.41) is 2.96. The minimum absolute atomic E-state index is 0.144. The average molecular weight is 241 g/mol. The summed E-state index contributed by atoms with van der Waals surface area (Å²) in [5.41, 5.74) is 0. The predicted molar refractivity (Wildman–Crippen MR) is 51.8 cm³/mol. The Bertz CT molecular complexity index is 316. The molecule has 0 saturated heterocycles. The van der Waals surface area contributed by atoms with Crippen LogP contribution in [0.2, 0.25) is 10.2 Å². The second kappa shape index (κ2) is 4.64. The summed E-state index contributed by atoms with van der Waals surface area (Å²) in [6, 6.07) is 0. The van der Waals surface area contributed by atoms with Crippen molar-refractivity contribution in [2.75, 3.05) is 6.54 Å². The highest BCUT2D eigenvalue weighted by Gasteiger charge is 2.13. The summed E-state index contributed by atoms with van der Waals surface area (Å²) in [5.74, 6) is 0. The van der Waals surface area contributed by atoms with Crippen LogP contribution in [-0.4, -0.2) is 17.0 Å². The Morgan fingerprint density at radius 2 is 2.38 bits per heavy atom. The quantitative estimate of drug-likeness (QED) is 0.865. The fourth-order valence-corrected chi connectivity index (χ4v) is 1.60. The molecular formula is C6H6Cl2N2O2S. The molecule has 0 aliphatic carbocycles. The zero-order valence-electron chi connectivity index (χ0n) is 6.63. The Hall–Kier alpha value is -0.520. The van der Waals surface area contributed by atoms with Crippen LogP contribution in [0, 0.1) is 0 Å². The second-order valence-corrected chi connectivity index (χ2v) is 3.47. The third-order valence-corrected chi connectivity index (χ3v) is 2.74. The van der Waals surface area contributed by atoms with Gasteiger partial charge in [-0.15, -0.1) is 0 Å². The van der Waals surface area contributed by atoms with Crippen LogP contribution in [0.4, 0.5) is 4.79 Å². The Balaban J connectivity index is 2.64. The van der Waals surface area contributed by atoms with E-state index in [1.165, 1.54) is 0 Å². The number of carbonyl (C=O) groups excluding carboxylic acids is 1. The van der Waals surface area contributed by atoms with Crippen LogP contribution in [-0.2, 0) is 0 Å². The molecule has 0 radical (unpaired) electrons. The van der Waals surface area contributed by atoms with Crippen LogP contribution in [0.15, 0.2) is 0 Å². The molecule has 0 spiro atoms. The van der Waals surface area contributed by atoms with Crippen molar-refractivity contribution in [3.05, 3.63) is 10.2 Å². The van der Waals surface area contributed by atoms with Gasteiger partial charge in [-0.3, -0.25) is 0 Å². The van der Waals surface area contributed by atoms with E-state index in [-0.39, 0.29) is 15.2 Å². The van der Waals surface area contributed by atoms with E-state index in [0.29, 0.717) is 6.54 Å². The van der Waals surface area contributed by atoms with Gasteiger partial charge in [-0.25, -0.2) is 4.79 Å². The SMILES string of the molecule is CCNC(=O)Oc1snc(Cl)c1Cl. The molecule has 1 amide bonds. The smallest absolute Gasteiger partial charge is 0.396 e. The summed E-state index contributed by atoms with van der Waals surface area (Å²) in [7, 11) is 0. The Morgan fingerprint density at radius 1 is 1.69 bits per heavy atom. The summed E-state index contributed by atoms with van der Waals surface area (Å²) >= 11 is 12.1. The number of amides is 1. The number of carbonyl (C=O) groups is 1. The maximum absolute atomic E-state index is 10.9. The molecule has 0 aliphatic rings. The molecule has 13 heavy (non-hydrogen) atoms. The molecule has 1 aromatic rings. The fourth-order valence-electron chi connectivity index (χ4n) is 0.574. The Kier molecular flexibility index (Phi) is 3.77. The van der Waals surface area contributed by atoms with Crippen molar-refractivity contribution >= 4 is 40.8 Å². The second-order valence-electron chi connectivity index (χ2n) is 1.99. The fraction of sp³-hybridized carbons (Fsp3) is 0.333. The van der Waals surface area contributed by atoms with Crippen molar-refractivity contribution in [2.24, 2.45) is 0 Å².